The van der Waals surface area contributed by atoms with Crippen LogP contribution in [-0.2, 0) is 4.74 Å². The van der Waals surface area contributed by atoms with E-state index in [4.69, 9.17) is 0 Å². The topological polar surface area (TPSA) is 9.23 Å². The molecule has 0 unspecified atom stereocenters. The summed E-state index contributed by atoms with van der Waals surface area (Å²) in [4.78, 5) is 0. The molecule has 5 heteroatoms. The molecular weight excluding hydrogens is 224 g/mol. The first kappa shape index (κ1) is 15.7. The van der Waals surface area contributed by atoms with Crippen molar-refractivity contribution in [3.8, 4) is 0 Å². The van der Waals surface area contributed by atoms with E-state index in [9.17, 15) is 17.6 Å². The van der Waals surface area contributed by atoms with Gasteiger partial charge in [-0.25, -0.2) is 0 Å². The molecule has 16 heavy (non-hydrogen) atoms. The summed E-state index contributed by atoms with van der Waals surface area (Å²) in [6, 6.07) is 0. The second-order valence-corrected chi connectivity index (χ2v) is 4.02. The first-order valence-corrected chi connectivity index (χ1v) is 5.71. The molecule has 0 bridgehead atoms. The first-order valence-electron chi connectivity index (χ1n) is 5.71. The number of hydrogen-bond donors (Lipinski definition) is 0. The van der Waals surface area contributed by atoms with E-state index in [0.29, 0.717) is 6.42 Å². The van der Waals surface area contributed by atoms with E-state index in [1.54, 1.807) is 0 Å². The van der Waals surface area contributed by atoms with Crippen molar-refractivity contribution in [2.75, 3.05) is 6.61 Å². The lowest BCUT2D eigenvalue weighted by Crippen LogP contribution is -2.40. The highest BCUT2D eigenvalue weighted by Gasteiger charge is 2.53. The number of rotatable bonds is 9. The van der Waals surface area contributed by atoms with Gasteiger partial charge in [0.1, 0.15) is 0 Å². The molecule has 0 atom stereocenters. The molecule has 0 aliphatic rings. The van der Waals surface area contributed by atoms with Crippen LogP contribution in [0.15, 0.2) is 0 Å². The SMILES string of the molecule is CCCCCCCCOC(F)(F)C(C)(F)F. The summed E-state index contributed by atoms with van der Waals surface area (Å²) in [5.74, 6) is -4.12. The predicted molar refractivity (Wildman–Crippen MR) is 54.9 cm³/mol. The van der Waals surface area contributed by atoms with Crippen LogP contribution in [0.3, 0.4) is 0 Å². The van der Waals surface area contributed by atoms with Crippen LogP contribution in [0.4, 0.5) is 17.6 Å². The maximum atomic E-state index is 12.6. The Morgan fingerprint density at radius 3 is 1.88 bits per heavy atom. The minimum Gasteiger partial charge on any atom is -0.316 e. The Balaban J connectivity index is 3.51. The van der Waals surface area contributed by atoms with Crippen molar-refractivity contribution in [2.45, 2.75) is 64.4 Å². The second kappa shape index (κ2) is 7.09. The number of hydrogen-bond acceptors (Lipinski definition) is 1. The summed E-state index contributed by atoms with van der Waals surface area (Å²) in [7, 11) is 0. The number of halogens is 4. The van der Waals surface area contributed by atoms with Crippen molar-refractivity contribution in [2.24, 2.45) is 0 Å². The molecule has 0 rings (SSSR count). The van der Waals surface area contributed by atoms with Gasteiger partial charge in [0.2, 0.25) is 0 Å². The fourth-order valence-electron chi connectivity index (χ4n) is 1.21. The zero-order valence-electron chi connectivity index (χ0n) is 9.87. The highest BCUT2D eigenvalue weighted by atomic mass is 19.3. The quantitative estimate of drug-likeness (QED) is 0.425. The van der Waals surface area contributed by atoms with Gasteiger partial charge in [-0.1, -0.05) is 39.0 Å². The van der Waals surface area contributed by atoms with Gasteiger partial charge < -0.3 is 4.74 Å². The largest absolute Gasteiger partial charge is 0.419 e. The molecule has 0 saturated heterocycles. The fraction of sp³-hybridized carbons (Fsp3) is 1.00. The highest BCUT2D eigenvalue weighted by molar-refractivity contribution is 4.70. The maximum absolute atomic E-state index is 12.6. The average Bonchev–Trinajstić information content (AvgIpc) is 2.14. The van der Waals surface area contributed by atoms with Crippen LogP contribution in [0.2, 0.25) is 0 Å². The van der Waals surface area contributed by atoms with Crippen molar-refractivity contribution in [1.29, 1.82) is 0 Å². The average molecular weight is 244 g/mol. The fourth-order valence-corrected chi connectivity index (χ4v) is 1.21. The third kappa shape index (κ3) is 6.30. The summed E-state index contributed by atoms with van der Waals surface area (Å²) >= 11 is 0. The van der Waals surface area contributed by atoms with Gasteiger partial charge in [-0.3, -0.25) is 0 Å². The summed E-state index contributed by atoms with van der Waals surface area (Å²) in [6.45, 7) is 1.92. The zero-order valence-corrected chi connectivity index (χ0v) is 9.87. The van der Waals surface area contributed by atoms with Crippen molar-refractivity contribution < 1.29 is 22.3 Å². The third-order valence-electron chi connectivity index (χ3n) is 2.29. The van der Waals surface area contributed by atoms with E-state index in [1.165, 1.54) is 0 Å². The molecule has 0 heterocycles. The molecule has 0 amide bonds. The molecule has 0 spiro atoms. The Morgan fingerprint density at radius 2 is 1.38 bits per heavy atom. The molecular formula is C11H20F4O. The van der Waals surface area contributed by atoms with Crippen LogP contribution < -0.4 is 0 Å². The van der Waals surface area contributed by atoms with Crippen LogP contribution >= 0.6 is 0 Å². The van der Waals surface area contributed by atoms with Crippen molar-refractivity contribution in [3.05, 3.63) is 0 Å². The normalized spacial score (nSPS) is 13.1. The van der Waals surface area contributed by atoms with Crippen molar-refractivity contribution in [1.82, 2.24) is 0 Å². The molecule has 1 nitrogen and oxygen atoms in total. The van der Waals surface area contributed by atoms with Gasteiger partial charge >= 0.3 is 12.0 Å². The van der Waals surface area contributed by atoms with Crippen LogP contribution in [0.1, 0.15) is 52.4 Å². The van der Waals surface area contributed by atoms with E-state index >= 15 is 0 Å². The monoisotopic (exact) mass is 244 g/mol. The van der Waals surface area contributed by atoms with E-state index in [1.807, 2.05) is 0 Å². The van der Waals surface area contributed by atoms with Crippen LogP contribution in [0, 0.1) is 0 Å². The summed E-state index contributed by atoms with van der Waals surface area (Å²) in [5, 5.41) is 0. The van der Waals surface area contributed by atoms with Crippen molar-refractivity contribution >= 4 is 0 Å². The molecule has 0 saturated carbocycles. The molecule has 0 radical (unpaired) electrons. The molecule has 0 aromatic rings. The lowest BCUT2D eigenvalue weighted by atomic mass is 10.1. The van der Waals surface area contributed by atoms with E-state index in [-0.39, 0.29) is 13.5 Å². The van der Waals surface area contributed by atoms with Crippen LogP contribution in [0.25, 0.3) is 0 Å². The Bertz CT molecular complexity index is 177. The lowest BCUT2D eigenvalue weighted by molar-refractivity contribution is -0.341. The van der Waals surface area contributed by atoms with Gasteiger partial charge in [0.25, 0.3) is 0 Å². The van der Waals surface area contributed by atoms with Crippen molar-refractivity contribution in [3.63, 3.8) is 0 Å². The molecule has 0 aliphatic heterocycles. The highest BCUT2D eigenvalue weighted by Crippen LogP contribution is 2.34. The summed E-state index contributed by atoms with van der Waals surface area (Å²) in [5.41, 5.74) is 0. The molecule has 0 aromatic carbocycles. The molecule has 0 fully saturated rings. The first-order chi connectivity index (χ1) is 7.31. The van der Waals surface area contributed by atoms with Gasteiger partial charge in [0.05, 0.1) is 6.61 Å². The Kier molecular flexibility index (Phi) is 6.95. The van der Waals surface area contributed by atoms with Crippen LogP contribution in [0.5, 0.6) is 0 Å². The Hall–Kier alpha value is -0.320. The van der Waals surface area contributed by atoms with Gasteiger partial charge in [0, 0.05) is 6.92 Å². The Morgan fingerprint density at radius 1 is 0.875 bits per heavy atom. The minimum absolute atomic E-state index is 0.161. The van der Waals surface area contributed by atoms with E-state index in [0.717, 1.165) is 32.1 Å². The second-order valence-electron chi connectivity index (χ2n) is 4.02. The number of ether oxygens (including phenoxy) is 1. The lowest BCUT2D eigenvalue weighted by Gasteiger charge is -2.22. The smallest absolute Gasteiger partial charge is 0.316 e. The molecule has 98 valence electrons. The van der Waals surface area contributed by atoms with Gasteiger partial charge in [-0.15, -0.1) is 0 Å². The summed E-state index contributed by atoms with van der Waals surface area (Å²) in [6.07, 6.45) is 1.000. The standard InChI is InChI=1S/C11H20F4O/c1-3-4-5-6-7-8-9-16-11(14,15)10(2,12)13/h3-9H2,1-2H3. The predicted octanol–water partition coefficient (Wildman–Crippen LogP) is 4.61. The molecule has 0 N–H and O–H groups in total. The Labute approximate surface area is 94.2 Å². The van der Waals surface area contributed by atoms with E-state index in [2.05, 4.69) is 11.7 Å². The number of alkyl halides is 4. The maximum Gasteiger partial charge on any atom is 0.419 e. The number of unbranched alkanes of at least 4 members (excludes halogenated alkanes) is 5. The minimum atomic E-state index is -4.35. The van der Waals surface area contributed by atoms with E-state index < -0.39 is 12.0 Å². The van der Waals surface area contributed by atoms with Gasteiger partial charge in [-0.05, 0) is 6.42 Å². The summed E-state index contributed by atoms with van der Waals surface area (Å²) < 4.78 is 53.7. The van der Waals surface area contributed by atoms with Crippen LogP contribution in [-0.4, -0.2) is 18.6 Å². The van der Waals surface area contributed by atoms with Gasteiger partial charge in [0.15, 0.2) is 0 Å². The molecule has 0 aromatic heterocycles. The third-order valence-corrected chi connectivity index (χ3v) is 2.29. The molecule has 0 aliphatic carbocycles. The van der Waals surface area contributed by atoms with Gasteiger partial charge in [-0.2, -0.15) is 17.6 Å². The zero-order chi connectivity index (χ0) is 12.7.